The molecule has 0 spiro atoms. The molecule has 0 bridgehead atoms. The predicted octanol–water partition coefficient (Wildman–Crippen LogP) is 7.74. The number of aryl methyl sites for hydroxylation is 1. The molecule has 0 saturated heterocycles. The Morgan fingerprint density at radius 3 is 2.33 bits per heavy atom. The zero-order chi connectivity index (χ0) is 35.9. The Bertz CT molecular complexity index is 1480. The second kappa shape index (κ2) is 20.4. The number of hydrogen-bond donors (Lipinski definition) is 3. The molecule has 0 aliphatic carbocycles. The first-order chi connectivity index (χ1) is 22.9. The summed E-state index contributed by atoms with van der Waals surface area (Å²) in [6.07, 6.45) is 8.71. The molecule has 1 aromatic carbocycles. The van der Waals surface area contributed by atoms with E-state index in [1.807, 2.05) is 57.6 Å². The van der Waals surface area contributed by atoms with Gasteiger partial charge in [0.05, 0.1) is 11.7 Å². The Balaban J connectivity index is 0.00000392. The lowest BCUT2D eigenvalue weighted by atomic mass is 9.83. The van der Waals surface area contributed by atoms with Crippen LogP contribution in [-0.4, -0.2) is 47.1 Å². The first kappa shape index (κ1) is 41.0. The molecule has 0 amide bonds. The van der Waals surface area contributed by atoms with Crippen LogP contribution in [-0.2, 0) is 19.9 Å². The lowest BCUT2D eigenvalue weighted by Gasteiger charge is -2.26. The zero-order valence-electron chi connectivity index (χ0n) is 31.2. The second-order valence-corrected chi connectivity index (χ2v) is 13.3. The van der Waals surface area contributed by atoms with Crippen LogP contribution in [0.25, 0.3) is 11.1 Å². The van der Waals surface area contributed by atoms with Crippen molar-refractivity contribution in [2.45, 2.75) is 106 Å². The number of hydrogen-bond acceptors (Lipinski definition) is 5. The van der Waals surface area contributed by atoms with Gasteiger partial charge in [0.25, 0.3) is 0 Å². The van der Waals surface area contributed by atoms with E-state index in [2.05, 4.69) is 55.7 Å². The third-order valence-corrected chi connectivity index (χ3v) is 8.84. The topological polar surface area (TPSA) is 85.2 Å². The van der Waals surface area contributed by atoms with Crippen molar-refractivity contribution in [1.82, 2.24) is 25.0 Å². The Morgan fingerprint density at radius 1 is 1.00 bits per heavy atom. The van der Waals surface area contributed by atoms with Crippen molar-refractivity contribution in [3.05, 3.63) is 82.8 Å². The predicted molar refractivity (Wildman–Crippen MR) is 198 cm³/mol. The highest BCUT2D eigenvalue weighted by Crippen LogP contribution is 2.34. The van der Waals surface area contributed by atoms with Gasteiger partial charge in [0.2, 0.25) is 0 Å². The summed E-state index contributed by atoms with van der Waals surface area (Å²) in [6, 6.07) is 6.82. The summed E-state index contributed by atoms with van der Waals surface area (Å²) in [4.78, 5) is 4.75. The third kappa shape index (κ3) is 11.2. The van der Waals surface area contributed by atoms with E-state index >= 15 is 4.39 Å². The van der Waals surface area contributed by atoms with Gasteiger partial charge >= 0.3 is 0 Å². The van der Waals surface area contributed by atoms with Gasteiger partial charge in [-0.1, -0.05) is 53.7 Å². The van der Waals surface area contributed by atoms with Gasteiger partial charge in [-0.05, 0) is 105 Å². The molecule has 3 rings (SSSR count). The van der Waals surface area contributed by atoms with Crippen LogP contribution in [0.4, 0.5) is 8.78 Å². The summed E-state index contributed by atoms with van der Waals surface area (Å²) in [7, 11) is 1.92. The van der Waals surface area contributed by atoms with Gasteiger partial charge in [0.15, 0.2) is 11.6 Å². The van der Waals surface area contributed by atoms with Crippen LogP contribution in [0, 0.1) is 24.0 Å². The highest BCUT2D eigenvalue weighted by atomic mass is 19.2. The van der Waals surface area contributed by atoms with E-state index in [0.29, 0.717) is 36.9 Å². The molecule has 48 heavy (non-hydrogen) atoms. The summed E-state index contributed by atoms with van der Waals surface area (Å²) < 4.78 is 34.2. The highest BCUT2D eigenvalue weighted by molar-refractivity contribution is 5.67. The number of nitrogens with one attached hydrogen (secondary N) is 2. The van der Waals surface area contributed by atoms with Gasteiger partial charge in [-0.15, -0.1) is 6.58 Å². The largest absolute Gasteiger partial charge is 0.328 e. The zero-order valence-corrected chi connectivity index (χ0v) is 31.2. The van der Waals surface area contributed by atoms with Gasteiger partial charge < -0.3 is 20.9 Å². The van der Waals surface area contributed by atoms with Gasteiger partial charge in [-0.25, -0.2) is 8.78 Å². The van der Waals surface area contributed by atoms with Gasteiger partial charge in [0, 0.05) is 51.2 Å². The van der Waals surface area contributed by atoms with E-state index in [1.54, 1.807) is 6.07 Å². The van der Waals surface area contributed by atoms with Crippen LogP contribution in [0.5, 0.6) is 0 Å². The van der Waals surface area contributed by atoms with Crippen LogP contribution in [0.3, 0.4) is 0 Å². The standard InChI is InChI=1S/C37H57F2N7.C2H6/c1-9-12-13-21-41-22-23-42-24-28(10-2)46-25-27(17-20-33(46)43-11-3)30-18-19-32(38)34(39)31(30)16-14-15-29-26(4)45(8)44-35(29)36(40)37(5,6)7;1-2/h9,17-20,25,28,36,41-42H,1,10-16,21-24,40H2,2-8H3;1-2H3. The number of halogens is 2. The van der Waals surface area contributed by atoms with Crippen LogP contribution in [0.1, 0.15) is 109 Å². The van der Waals surface area contributed by atoms with Crippen molar-refractivity contribution in [2.24, 2.45) is 23.2 Å². The van der Waals surface area contributed by atoms with E-state index < -0.39 is 11.6 Å². The summed E-state index contributed by atoms with van der Waals surface area (Å²) in [5, 5.41) is 11.8. The SMILES string of the molecule is C=CCCCNCCNCC(CC)n1cc(-c2ccc(F)c(F)c2CCCc2c(C(N)C(C)(C)C)nn(C)c2C)ccc1=NCC.CC. The third-order valence-electron chi connectivity index (χ3n) is 8.84. The lowest BCUT2D eigenvalue weighted by Crippen LogP contribution is -2.35. The summed E-state index contributed by atoms with van der Waals surface area (Å²) >= 11 is 0. The fourth-order valence-corrected chi connectivity index (χ4v) is 5.83. The molecule has 0 aliphatic heterocycles. The molecule has 3 aromatic rings. The van der Waals surface area contributed by atoms with Gasteiger partial charge in [-0.3, -0.25) is 9.67 Å². The molecule has 2 unspecified atom stereocenters. The molecule has 2 heterocycles. The fourth-order valence-electron chi connectivity index (χ4n) is 5.83. The second-order valence-electron chi connectivity index (χ2n) is 13.3. The normalized spacial score (nSPS) is 13.3. The highest BCUT2D eigenvalue weighted by Gasteiger charge is 2.28. The Labute approximate surface area is 289 Å². The van der Waals surface area contributed by atoms with Crippen LogP contribution in [0.2, 0.25) is 0 Å². The van der Waals surface area contributed by atoms with E-state index in [4.69, 9.17) is 15.8 Å². The molecule has 2 aromatic heterocycles. The van der Waals surface area contributed by atoms with Crippen molar-refractivity contribution < 1.29 is 8.78 Å². The monoisotopic (exact) mass is 668 g/mol. The number of rotatable bonds is 18. The van der Waals surface area contributed by atoms with Crippen molar-refractivity contribution in [2.75, 3.05) is 32.7 Å². The minimum Gasteiger partial charge on any atom is -0.328 e. The summed E-state index contributed by atoms with van der Waals surface area (Å²) in [5.74, 6) is -1.61. The Morgan fingerprint density at radius 2 is 1.69 bits per heavy atom. The number of aromatic nitrogens is 3. The molecule has 268 valence electrons. The van der Waals surface area contributed by atoms with Crippen molar-refractivity contribution in [1.29, 1.82) is 0 Å². The Kier molecular flexibility index (Phi) is 17.4. The average molecular weight is 668 g/mol. The van der Waals surface area contributed by atoms with Crippen LogP contribution in [0.15, 0.2) is 48.1 Å². The van der Waals surface area contributed by atoms with Crippen LogP contribution >= 0.6 is 0 Å². The quantitative estimate of drug-likeness (QED) is 0.0958. The van der Waals surface area contributed by atoms with E-state index in [0.717, 1.165) is 73.4 Å². The van der Waals surface area contributed by atoms with E-state index in [-0.39, 0.29) is 17.5 Å². The smallest absolute Gasteiger partial charge is 0.162 e. The number of allylic oxidation sites excluding steroid dienone is 1. The molecule has 0 aliphatic rings. The molecular formula is C39H63F2N7. The average Bonchev–Trinajstić information content (AvgIpc) is 3.35. The molecule has 0 radical (unpaired) electrons. The van der Waals surface area contributed by atoms with Gasteiger partial charge in [0.1, 0.15) is 5.49 Å². The number of pyridine rings is 1. The van der Waals surface area contributed by atoms with E-state index in [9.17, 15) is 4.39 Å². The number of benzene rings is 1. The minimum atomic E-state index is -0.828. The fraction of sp³-hybridized carbons (Fsp3) is 0.590. The maximum Gasteiger partial charge on any atom is 0.162 e. The summed E-state index contributed by atoms with van der Waals surface area (Å²) in [5.41, 5.74) is 12.3. The molecule has 7 nitrogen and oxygen atoms in total. The van der Waals surface area contributed by atoms with Crippen molar-refractivity contribution in [3.63, 3.8) is 0 Å². The van der Waals surface area contributed by atoms with Crippen molar-refractivity contribution in [3.8, 4) is 11.1 Å². The lowest BCUT2D eigenvalue weighted by molar-refractivity contribution is 0.318. The van der Waals surface area contributed by atoms with Crippen LogP contribution < -0.4 is 21.9 Å². The maximum atomic E-state index is 15.5. The van der Waals surface area contributed by atoms with E-state index in [1.165, 1.54) is 6.07 Å². The number of unbranched alkanes of at least 4 members (excludes halogenated alkanes) is 1. The maximum absolute atomic E-state index is 15.5. The molecular weight excluding hydrogens is 604 g/mol. The first-order valence-electron chi connectivity index (χ1n) is 17.9. The number of nitrogens with two attached hydrogens (primary N) is 1. The first-order valence-corrected chi connectivity index (χ1v) is 17.9. The van der Waals surface area contributed by atoms with Gasteiger partial charge in [-0.2, -0.15) is 5.10 Å². The van der Waals surface area contributed by atoms with Crippen molar-refractivity contribution >= 4 is 0 Å². The molecule has 0 saturated carbocycles. The molecule has 0 fully saturated rings. The molecule has 2 atom stereocenters. The minimum absolute atomic E-state index is 0.152. The summed E-state index contributed by atoms with van der Waals surface area (Å²) in [6.45, 7) is 24.5. The molecule has 4 N–H and O–H groups in total. The Hall–Kier alpha value is -3.14. The number of nitrogens with zero attached hydrogens (tertiary/aromatic N) is 4. The molecule has 9 heteroatoms.